The minimum Gasteiger partial charge on any atom is -0.481 e. The predicted octanol–water partition coefficient (Wildman–Crippen LogP) is 3.21. The fraction of sp³-hybridized carbons (Fsp3) is 0.824. The van der Waals surface area contributed by atoms with E-state index in [0.29, 0.717) is 13.1 Å². The van der Waals surface area contributed by atoms with Gasteiger partial charge in [-0.05, 0) is 39.0 Å². The Balaban J connectivity index is 4.56. The molecule has 1 atom stereocenters. The minimum absolute atomic E-state index is 0.186. The molecule has 0 aromatic heterocycles. The van der Waals surface area contributed by atoms with E-state index in [2.05, 4.69) is 19.9 Å². The Hall–Kier alpha value is -0.870. The lowest BCUT2D eigenvalue weighted by Crippen LogP contribution is -2.54. The first kappa shape index (κ1) is 20.1. The van der Waals surface area contributed by atoms with Crippen molar-refractivity contribution in [1.82, 2.24) is 0 Å². The van der Waals surface area contributed by atoms with E-state index in [0.717, 1.165) is 49.7 Å². The van der Waals surface area contributed by atoms with E-state index in [1.165, 1.54) is 0 Å². The van der Waals surface area contributed by atoms with Crippen molar-refractivity contribution in [3.8, 4) is 0 Å². The Bertz CT molecular complexity index is 296. The number of nitrogens with zero attached hydrogens (tertiary/aromatic N) is 1. The fourth-order valence-electron chi connectivity index (χ4n) is 3.07. The van der Waals surface area contributed by atoms with Crippen LogP contribution in [0.3, 0.4) is 0 Å². The molecule has 0 aromatic rings. The average Bonchev–Trinajstić information content (AvgIpc) is 2.42. The van der Waals surface area contributed by atoms with Gasteiger partial charge in [0.15, 0.2) is 0 Å². The Morgan fingerprint density at radius 2 is 1.81 bits per heavy atom. The summed E-state index contributed by atoms with van der Waals surface area (Å²) in [6.45, 7) is 9.48. The van der Waals surface area contributed by atoms with E-state index in [-0.39, 0.29) is 12.5 Å². The van der Waals surface area contributed by atoms with Gasteiger partial charge in [-0.1, -0.05) is 26.0 Å². The Morgan fingerprint density at radius 3 is 2.29 bits per heavy atom. The van der Waals surface area contributed by atoms with Crippen LogP contribution in [-0.4, -0.2) is 52.9 Å². The highest BCUT2D eigenvalue weighted by Crippen LogP contribution is 2.16. The quantitative estimate of drug-likeness (QED) is 0.312. The zero-order valence-corrected chi connectivity index (χ0v) is 14.1. The summed E-state index contributed by atoms with van der Waals surface area (Å²) >= 11 is 0. The maximum Gasteiger partial charge on any atom is 0.309 e. The molecule has 0 radical (unpaired) electrons. The van der Waals surface area contributed by atoms with E-state index < -0.39 is 5.97 Å². The third-order valence-corrected chi connectivity index (χ3v) is 3.94. The molecule has 0 fully saturated rings. The molecule has 1 unspecified atom stereocenters. The van der Waals surface area contributed by atoms with Gasteiger partial charge in [0.05, 0.1) is 26.1 Å². The zero-order chi connectivity index (χ0) is 16.1. The summed E-state index contributed by atoms with van der Waals surface area (Å²) in [7, 11) is 0. The molecule has 21 heavy (non-hydrogen) atoms. The third kappa shape index (κ3) is 9.64. The second-order valence-corrected chi connectivity index (χ2v) is 5.99. The summed E-state index contributed by atoms with van der Waals surface area (Å²) in [6, 6.07) is 0. The molecule has 0 rings (SSSR count). The van der Waals surface area contributed by atoms with E-state index in [1.807, 2.05) is 13.0 Å². The third-order valence-electron chi connectivity index (χ3n) is 3.94. The second kappa shape index (κ2) is 11.8. The van der Waals surface area contributed by atoms with Crippen molar-refractivity contribution in [3.63, 3.8) is 0 Å². The molecule has 4 nitrogen and oxygen atoms in total. The van der Waals surface area contributed by atoms with Crippen molar-refractivity contribution < 1.29 is 19.5 Å². The predicted molar refractivity (Wildman–Crippen MR) is 87.2 cm³/mol. The van der Waals surface area contributed by atoms with Gasteiger partial charge in [-0.2, -0.15) is 0 Å². The van der Waals surface area contributed by atoms with Crippen LogP contribution in [0.2, 0.25) is 0 Å². The van der Waals surface area contributed by atoms with Crippen molar-refractivity contribution in [3.05, 3.63) is 12.2 Å². The average molecular weight is 300 g/mol. The normalized spacial score (nSPS) is 13.7. The number of aliphatic hydroxyl groups excluding tert-OH is 1. The van der Waals surface area contributed by atoms with Crippen molar-refractivity contribution in [1.29, 1.82) is 0 Å². The number of aliphatic carboxylic acids is 1. The number of carboxylic acid groups (broad SMARTS) is 1. The van der Waals surface area contributed by atoms with Crippen LogP contribution in [0.25, 0.3) is 0 Å². The zero-order valence-electron chi connectivity index (χ0n) is 14.1. The lowest BCUT2D eigenvalue weighted by molar-refractivity contribution is -0.930. The first-order valence-corrected chi connectivity index (χ1v) is 8.35. The van der Waals surface area contributed by atoms with Gasteiger partial charge in [0, 0.05) is 0 Å². The SMILES string of the molecule is C/C=C/CCCC(O)C[N+](CCC)(CCC)CCC(=O)O. The largest absolute Gasteiger partial charge is 0.481 e. The topological polar surface area (TPSA) is 57.5 Å². The Labute approximate surface area is 130 Å². The fourth-order valence-corrected chi connectivity index (χ4v) is 3.07. The number of hydrogen-bond donors (Lipinski definition) is 2. The van der Waals surface area contributed by atoms with Crippen LogP contribution < -0.4 is 0 Å². The number of carbonyl (C=O) groups is 1. The number of unbranched alkanes of at least 4 members (excludes halogenated alkanes) is 1. The number of quaternary nitrogens is 1. The van der Waals surface area contributed by atoms with E-state index >= 15 is 0 Å². The van der Waals surface area contributed by atoms with Crippen LogP contribution in [0, 0.1) is 0 Å². The number of allylic oxidation sites excluding steroid dienone is 2. The second-order valence-electron chi connectivity index (χ2n) is 5.99. The lowest BCUT2D eigenvalue weighted by Gasteiger charge is -2.39. The number of rotatable bonds is 13. The van der Waals surface area contributed by atoms with Gasteiger partial charge >= 0.3 is 5.97 Å². The van der Waals surface area contributed by atoms with Crippen LogP contribution in [0.1, 0.15) is 59.3 Å². The molecular formula is C17H34NO3+. The standard InChI is InChI=1S/C17H33NO3/c1-4-7-8-9-10-16(19)15-18(12-5-2,13-6-3)14-11-17(20)21/h4,7,16,19H,5-6,8-15H2,1-3H3/p+1/b7-4+. The minimum atomic E-state index is -0.743. The van der Waals surface area contributed by atoms with Crippen LogP contribution in [0.4, 0.5) is 0 Å². The number of carboxylic acids is 1. The molecule has 0 spiro atoms. The van der Waals surface area contributed by atoms with Gasteiger partial charge in [0.2, 0.25) is 0 Å². The molecule has 0 saturated heterocycles. The molecule has 0 amide bonds. The number of hydrogen-bond acceptors (Lipinski definition) is 2. The molecule has 124 valence electrons. The van der Waals surface area contributed by atoms with E-state index in [1.54, 1.807) is 0 Å². The maximum atomic E-state index is 10.9. The van der Waals surface area contributed by atoms with Gasteiger partial charge in [0.25, 0.3) is 0 Å². The summed E-state index contributed by atoms with van der Waals surface area (Å²) in [5, 5.41) is 19.3. The highest BCUT2D eigenvalue weighted by molar-refractivity contribution is 5.66. The highest BCUT2D eigenvalue weighted by atomic mass is 16.4. The summed E-state index contributed by atoms with van der Waals surface area (Å²) in [6.07, 6.45) is 8.84. The molecule has 0 aromatic carbocycles. The van der Waals surface area contributed by atoms with Crippen LogP contribution >= 0.6 is 0 Å². The smallest absolute Gasteiger partial charge is 0.309 e. The summed E-state index contributed by atoms with van der Waals surface area (Å²) in [5.41, 5.74) is 0. The van der Waals surface area contributed by atoms with Crippen LogP contribution in [-0.2, 0) is 4.79 Å². The maximum absolute atomic E-state index is 10.9. The van der Waals surface area contributed by atoms with Crippen molar-refractivity contribution in [2.45, 2.75) is 65.4 Å². The number of aliphatic hydroxyl groups is 1. The first-order valence-electron chi connectivity index (χ1n) is 8.35. The van der Waals surface area contributed by atoms with Gasteiger partial charge in [-0.25, -0.2) is 0 Å². The molecule has 0 aliphatic carbocycles. The molecule has 4 heteroatoms. The Morgan fingerprint density at radius 1 is 1.19 bits per heavy atom. The molecule has 0 bridgehead atoms. The summed E-state index contributed by atoms with van der Waals surface area (Å²) < 4.78 is 0.740. The van der Waals surface area contributed by atoms with Crippen LogP contribution in [0.5, 0.6) is 0 Å². The van der Waals surface area contributed by atoms with E-state index in [4.69, 9.17) is 5.11 Å². The lowest BCUT2D eigenvalue weighted by atomic mass is 10.1. The van der Waals surface area contributed by atoms with Crippen molar-refractivity contribution in [2.75, 3.05) is 26.2 Å². The van der Waals surface area contributed by atoms with Crippen LogP contribution in [0.15, 0.2) is 12.2 Å². The molecule has 0 heterocycles. The molecule has 0 saturated carbocycles. The highest BCUT2D eigenvalue weighted by Gasteiger charge is 2.29. The van der Waals surface area contributed by atoms with Gasteiger partial charge in [-0.15, -0.1) is 0 Å². The van der Waals surface area contributed by atoms with Crippen molar-refractivity contribution >= 4 is 5.97 Å². The van der Waals surface area contributed by atoms with E-state index in [9.17, 15) is 9.90 Å². The molecular weight excluding hydrogens is 266 g/mol. The summed E-state index contributed by atoms with van der Waals surface area (Å²) in [4.78, 5) is 10.9. The van der Waals surface area contributed by atoms with Gasteiger partial charge in [0.1, 0.15) is 12.6 Å². The monoisotopic (exact) mass is 300 g/mol. The van der Waals surface area contributed by atoms with Gasteiger partial charge in [-0.3, -0.25) is 4.79 Å². The molecule has 0 aliphatic heterocycles. The Kier molecular flexibility index (Phi) is 11.3. The summed E-state index contributed by atoms with van der Waals surface area (Å²) in [5.74, 6) is -0.743. The molecule has 0 aliphatic rings. The van der Waals surface area contributed by atoms with Crippen molar-refractivity contribution in [2.24, 2.45) is 0 Å². The molecule has 2 N–H and O–H groups in total. The first-order chi connectivity index (χ1) is 9.99. The van der Waals surface area contributed by atoms with Gasteiger partial charge < -0.3 is 14.7 Å².